The molecule has 0 unspecified atom stereocenters. The SMILES string of the molecule is COc1ccc(C(=O)NCCn2ccc(=O)c(O)c2C)cc1. The Kier molecular flexibility index (Phi) is 4.83. The highest BCUT2D eigenvalue weighted by molar-refractivity contribution is 5.94. The fourth-order valence-corrected chi connectivity index (χ4v) is 2.04. The predicted octanol–water partition coefficient (Wildman–Crippen LogP) is 1.30. The Bertz CT molecular complexity index is 720. The van der Waals surface area contributed by atoms with Gasteiger partial charge in [0.1, 0.15) is 5.75 Å². The van der Waals surface area contributed by atoms with Crippen molar-refractivity contribution in [3.63, 3.8) is 0 Å². The van der Waals surface area contributed by atoms with Gasteiger partial charge in [-0.3, -0.25) is 9.59 Å². The van der Waals surface area contributed by atoms with Crippen molar-refractivity contribution in [2.75, 3.05) is 13.7 Å². The molecule has 2 N–H and O–H groups in total. The fraction of sp³-hybridized carbons (Fsp3) is 0.250. The van der Waals surface area contributed by atoms with E-state index >= 15 is 0 Å². The number of ether oxygens (including phenoxy) is 1. The minimum absolute atomic E-state index is 0.189. The van der Waals surface area contributed by atoms with E-state index in [1.54, 1.807) is 49.1 Å². The van der Waals surface area contributed by atoms with Crippen molar-refractivity contribution >= 4 is 5.91 Å². The summed E-state index contributed by atoms with van der Waals surface area (Å²) in [5.41, 5.74) is 0.613. The first-order valence-corrected chi connectivity index (χ1v) is 6.84. The van der Waals surface area contributed by atoms with Crippen LogP contribution in [0.3, 0.4) is 0 Å². The number of nitrogens with zero attached hydrogens (tertiary/aromatic N) is 1. The fourth-order valence-electron chi connectivity index (χ4n) is 2.04. The molecule has 116 valence electrons. The Morgan fingerprint density at radius 1 is 1.27 bits per heavy atom. The van der Waals surface area contributed by atoms with Gasteiger partial charge in [0, 0.05) is 30.9 Å². The Labute approximate surface area is 128 Å². The number of nitrogens with one attached hydrogen (secondary N) is 1. The third-order valence-electron chi connectivity index (χ3n) is 3.40. The smallest absolute Gasteiger partial charge is 0.251 e. The molecule has 6 nitrogen and oxygen atoms in total. The molecule has 22 heavy (non-hydrogen) atoms. The minimum Gasteiger partial charge on any atom is -0.503 e. The summed E-state index contributed by atoms with van der Waals surface area (Å²) >= 11 is 0. The van der Waals surface area contributed by atoms with Crippen molar-refractivity contribution < 1.29 is 14.6 Å². The van der Waals surface area contributed by atoms with Crippen LogP contribution in [-0.2, 0) is 6.54 Å². The molecule has 1 aromatic carbocycles. The molecule has 6 heteroatoms. The maximum absolute atomic E-state index is 12.0. The highest BCUT2D eigenvalue weighted by Gasteiger charge is 2.07. The van der Waals surface area contributed by atoms with Crippen LogP contribution < -0.4 is 15.5 Å². The van der Waals surface area contributed by atoms with Crippen molar-refractivity contribution in [1.82, 2.24) is 9.88 Å². The van der Waals surface area contributed by atoms with E-state index in [2.05, 4.69) is 5.32 Å². The topological polar surface area (TPSA) is 80.6 Å². The summed E-state index contributed by atoms with van der Waals surface area (Å²) in [5.74, 6) is 0.241. The summed E-state index contributed by atoms with van der Waals surface area (Å²) in [5, 5.41) is 12.4. The van der Waals surface area contributed by atoms with Crippen LogP contribution in [0.15, 0.2) is 41.3 Å². The average molecular weight is 302 g/mol. The molecule has 0 aliphatic rings. The number of hydrogen-bond donors (Lipinski definition) is 2. The standard InChI is InChI=1S/C16H18N2O4/c1-11-15(20)14(19)7-9-18(11)10-8-17-16(21)12-3-5-13(22-2)6-4-12/h3-7,9,20H,8,10H2,1-2H3,(H,17,21). The molecule has 0 radical (unpaired) electrons. The van der Waals surface area contributed by atoms with Gasteiger partial charge < -0.3 is 19.7 Å². The molecule has 2 aromatic rings. The summed E-state index contributed by atoms with van der Waals surface area (Å²) in [4.78, 5) is 23.2. The Balaban J connectivity index is 1.94. The van der Waals surface area contributed by atoms with Crippen molar-refractivity contribution in [2.45, 2.75) is 13.5 Å². The van der Waals surface area contributed by atoms with Gasteiger partial charge in [-0.15, -0.1) is 0 Å². The highest BCUT2D eigenvalue weighted by Crippen LogP contribution is 2.11. The van der Waals surface area contributed by atoms with Gasteiger partial charge in [0.25, 0.3) is 5.91 Å². The number of carbonyl (C=O) groups excluding carboxylic acids is 1. The molecule has 0 spiro atoms. The van der Waals surface area contributed by atoms with Crippen molar-refractivity contribution in [3.05, 3.63) is 58.0 Å². The molecule has 1 amide bonds. The lowest BCUT2D eigenvalue weighted by Gasteiger charge is -2.12. The second kappa shape index (κ2) is 6.80. The number of hydrogen-bond acceptors (Lipinski definition) is 4. The number of rotatable bonds is 5. The number of methoxy groups -OCH3 is 1. The molecular weight excluding hydrogens is 284 g/mol. The van der Waals surface area contributed by atoms with Gasteiger partial charge >= 0.3 is 0 Å². The maximum atomic E-state index is 12.0. The van der Waals surface area contributed by atoms with E-state index < -0.39 is 5.43 Å². The molecule has 0 saturated heterocycles. The van der Waals surface area contributed by atoms with Crippen LogP contribution in [0.4, 0.5) is 0 Å². The maximum Gasteiger partial charge on any atom is 0.251 e. The summed E-state index contributed by atoms with van der Waals surface area (Å²) in [6.45, 7) is 2.50. The molecule has 0 atom stereocenters. The van der Waals surface area contributed by atoms with E-state index in [-0.39, 0.29) is 11.7 Å². The lowest BCUT2D eigenvalue weighted by Crippen LogP contribution is -2.27. The first kappa shape index (κ1) is 15.6. The van der Waals surface area contributed by atoms with E-state index in [0.29, 0.717) is 30.1 Å². The second-order valence-corrected chi connectivity index (χ2v) is 4.79. The summed E-state index contributed by atoms with van der Waals surface area (Å²) in [7, 11) is 1.57. The molecule has 2 rings (SSSR count). The lowest BCUT2D eigenvalue weighted by molar-refractivity contribution is 0.0952. The molecule has 1 heterocycles. The molecule has 1 aromatic heterocycles. The van der Waals surface area contributed by atoms with E-state index in [9.17, 15) is 14.7 Å². The first-order valence-electron chi connectivity index (χ1n) is 6.84. The third-order valence-corrected chi connectivity index (χ3v) is 3.40. The quantitative estimate of drug-likeness (QED) is 0.872. The van der Waals surface area contributed by atoms with Crippen LogP contribution in [-0.4, -0.2) is 29.2 Å². The molecule has 0 aliphatic heterocycles. The first-order chi connectivity index (χ1) is 10.5. The predicted molar refractivity (Wildman–Crippen MR) is 82.4 cm³/mol. The number of pyridine rings is 1. The van der Waals surface area contributed by atoms with Crippen LogP contribution in [0.2, 0.25) is 0 Å². The molecule has 0 saturated carbocycles. The zero-order valence-electron chi connectivity index (χ0n) is 12.5. The van der Waals surface area contributed by atoms with Gasteiger partial charge in [-0.25, -0.2) is 0 Å². The number of amides is 1. The van der Waals surface area contributed by atoms with Crippen molar-refractivity contribution in [3.8, 4) is 11.5 Å². The van der Waals surface area contributed by atoms with Gasteiger partial charge in [-0.2, -0.15) is 0 Å². The van der Waals surface area contributed by atoms with Gasteiger partial charge in [0.05, 0.1) is 12.8 Å². The normalized spacial score (nSPS) is 10.3. The number of carbonyl (C=O) groups is 1. The van der Waals surface area contributed by atoms with E-state index in [0.717, 1.165) is 0 Å². The molecule has 0 aliphatic carbocycles. The van der Waals surface area contributed by atoms with Gasteiger partial charge in [0.15, 0.2) is 5.75 Å². The van der Waals surface area contributed by atoms with Crippen LogP contribution >= 0.6 is 0 Å². The average Bonchev–Trinajstić information content (AvgIpc) is 2.54. The Morgan fingerprint density at radius 3 is 2.59 bits per heavy atom. The van der Waals surface area contributed by atoms with Crippen molar-refractivity contribution in [2.24, 2.45) is 0 Å². The number of benzene rings is 1. The third kappa shape index (κ3) is 3.46. The van der Waals surface area contributed by atoms with E-state index in [1.807, 2.05) is 0 Å². The van der Waals surface area contributed by atoms with Crippen LogP contribution in [0, 0.1) is 6.92 Å². The Morgan fingerprint density at radius 2 is 1.95 bits per heavy atom. The molecular formula is C16H18N2O4. The summed E-state index contributed by atoms with van der Waals surface area (Å²) < 4.78 is 6.75. The van der Waals surface area contributed by atoms with E-state index in [1.165, 1.54) is 6.07 Å². The van der Waals surface area contributed by atoms with E-state index in [4.69, 9.17) is 4.74 Å². The van der Waals surface area contributed by atoms with Crippen LogP contribution in [0.25, 0.3) is 0 Å². The highest BCUT2D eigenvalue weighted by atomic mass is 16.5. The molecule has 0 bridgehead atoms. The number of aromatic nitrogens is 1. The Hall–Kier alpha value is -2.76. The zero-order chi connectivity index (χ0) is 16.1. The number of aromatic hydroxyl groups is 1. The van der Waals surface area contributed by atoms with Crippen LogP contribution in [0.1, 0.15) is 16.1 Å². The minimum atomic E-state index is -0.406. The van der Waals surface area contributed by atoms with Crippen LogP contribution in [0.5, 0.6) is 11.5 Å². The van der Waals surface area contributed by atoms with Gasteiger partial charge in [0.2, 0.25) is 5.43 Å². The monoisotopic (exact) mass is 302 g/mol. The van der Waals surface area contributed by atoms with Gasteiger partial charge in [-0.1, -0.05) is 0 Å². The summed E-state index contributed by atoms with van der Waals surface area (Å²) in [6.07, 6.45) is 1.59. The van der Waals surface area contributed by atoms with Gasteiger partial charge in [-0.05, 0) is 31.2 Å². The zero-order valence-corrected chi connectivity index (χ0v) is 12.5. The summed E-state index contributed by atoms with van der Waals surface area (Å²) in [6, 6.07) is 8.11. The second-order valence-electron chi connectivity index (χ2n) is 4.79. The lowest BCUT2D eigenvalue weighted by atomic mass is 10.2. The largest absolute Gasteiger partial charge is 0.503 e. The molecule has 0 fully saturated rings. The van der Waals surface area contributed by atoms with Crippen molar-refractivity contribution in [1.29, 1.82) is 0 Å².